The van der Waals surface area contributed by atoms with Gasteiger partial charge in [0.2, 0.25) is 15.9 Å². The molecule has 2 saturated heterocycles. The maximum absolute atomic E-state index is 12.7. The zero-order valence-corrected chi connectivity index (χ0v) is 20.5. The van der Waals surface area contributed by atoms with Crippen molar-refractivity contribution in [3.05, 3.63) is 64.7 Å². The smallest absolute Gasteiger partial charge is 0.243 e. The Morgan fingerprint density at radius 2 is 1.58 bits per heavy atom. The maximum Gasteiger partial charge on any atom is 0.243 e. The molecule has 0 spiro atoms. The molecule has 0 saturated carbocycles. The van der Waals surface area contributed by atoms with Gasteiger partial charge in [-0.15, -0.1) is 0 Å². The lowest BCUT2D eigenvalue weighted by atomic mass is 10.0. The molecule has 2 aliphatic heterocycles. The van der Waals surface area contributed by atoms with Gasteiger partial charge in [-0.05, 0) is 74.5 Å². The van der Waals surface area contributed by atoms with Crippen molar-refractivity contribution in [3.63, 3.8) is 0 Å². The van der Waals surface area contributed by atoms with E-state index in [1.165, 1.54) is 12.8 Å². The number of benzene rings is 2. The normalized spacial score (nSPS) is 18.5. The first kappa shape index (κ1) is 24.2. The minimum Gasteiger partial charge on any atom is -0.354 e. The third kappa shape index (κ3) is 5.96. The fourth-order valence-electron chi connectivity index (χ4n) is 4.70. The number of nitrogens with zero attached hydrogens (tertiary/aromatic N) is 2. The second kappa shape index (κ2) is 11.0. The standard InChI is InChI=1S/C25H32ClN3O3S/c26-23-8-2-1-7-22(23)24(28-15-3-4-16-28)19-27-25(30)14-11-20-9-12-21(13-10-20)33(31,32)29-17-5-6-18-29/h1-2,7-10,12-13,24H,3-6,11,14-19H2,(H,27,30)/t24-/m1/s1. The van der Waals surface area contributed by atoms with Crippen LogP contribution in [0.1, 0.15) is 49.3 Å². The third-order valence-corrected chi connectivity index (χ3v) is 8.86. The van der Waals surface area contributed by atoms with Gasteiger partial charge < -0.3 is 5.32 Å². The number of hydrogen-bond acceptors (Lipinski definition) is 4. The van der Waals surface area contributed by atoms with Crippen molar-refractivity contribution in [3.8, 4) is 0 Å². The van der Waals surface area contributed by atoms with E-state index in [1.807, 2.05) is 36.4 Å². The molecule has 0 unspecified atom stereocenters. The van der Waals surface area contributed by atoms with Crippen LogP contribution in [0.4, 0.5) is 0 Å². The van der Waals surface area contributed by atoms with E-state index in [0.29, 0.717) is 37.4 Å². The summed E-state index contributed by atoms with van der Waals surface area (Å²) in [5, 5.41) is 3.82. The Morgan fingerprint density at radius 1 is 0.939 bits per heavy atom. The highest BCUT2D eigenvalue weighted by Gasteiger charge is 2.27. The topological polar surface area (TPSA) is 69.7 Å². The molecule has 2 aliphatic rings. The van der Waals surface area contributed by atoms with Crippen LogP contribution < -0.4 is 5.32 Å². The van der Waals surface area contributed by atoms with Gasteiger partial charge >= 0.3 is 0 Å². The zero-order chi connectivity index (χ0) is 23.3. The molecule has 0 bridgehead atoms. The summed E-state index contributed by atoms with van der Waals surface area (Å²) in [5.41, 5.74) is 2.00. The summed E-state index contributed by atoms with van der Waals surface area (Å²) in [5.74, 6) is -0.0139. The summed E-state index contributed by atoms with van der Waals surface area (Å²) < 4.78 is 26.9. The maximum atomic E-state index is 12.7. The van der Waals surface area contributed by atoms with Crippen LogP contribution in [0.2, 0.25) is 5.02 Å². The van der Waals surface area contributed by atoms with Gasteiger partial charge in [-0.3, -0.25) is 9.69 Å². The van der Waals surface area contributed by atoms with Crippen molar-refractivity contribution in [1.82, 2.24) is 14.5 Å². The monoisotopic (exact) mass is 489 g/mol. The molecule has 33 heavy (non-hydrogen) atoms. The van der Waals surface area contributed by atoms with Crippen molar-refractivity contribution in [2.75, 3.05) is 32.7 Å². The van der Waals surface area contributed by atoms with E-state index < -0.39 is 10.0 Å². The number of sulfonamides is 1. The molecular formula is C25H32ClN3O3S. The Morgan fingerprint density at radius 3 is 2.24 bits per heavy atom. The largest absolute Gasteiger partial charge is 0.354 e. The van der Waals surface area contributed by atoms with Crippen LogP contribution in [0.3, 0.4) is 0 Å². The van der Waals surface area contributed by atoms with Crippen molar-refractivity contribution in [2.24, 2.45) is 0 Å². The van der Waals surface area contributed by atoms with Gasteiger partial charge in [-0.1, -0.05) is 41.9 Å². The molecule has 2 aromatic carbocycles. The van der Waals surface area contributed by atoms with Crippen LogP contribution in [-0.4, -0.2) is 56.3 Å². The summed E-state index contributed by atoms with van der Waals surface area (Å²) in [6.07, 6.45) is 5.09. The Balaban J connectivity index is 1.31. The van der Waals surface area contributed by atoms with E-state index in [9.17, 15) is 13.2 Å². The van der Waals surface area contributed by atoms with E-state index in [0.717, 1.165) is 42.1 Å². The molecule has 1 amide bonds. The Hall–Kier alpha value is -1.93. The molecule has 4 rings (SSSR count). The molecule has 6 nitrogen and oxygen atoms in total. The van der Waals surface area contributed by atoms with E-state index in [1.54, 1.807) is 16.4 Å². The highest BCUT2D eigenvalue weighted by molar-refractivity contribution is 7.89. The number of carbonyl (C=O) groups excluding carboxylic acids is 1. The lowest BCUT2D eigenvalue weighted by Crippen LogP contribution is -2.37. The van der Waals surface area contributed by atoms with Gasteiger partial charge in [0, 0.05) is 31.1 Å². The molecule has 0 aliphatic carbocycles. The first-order chi connectivity index (χ1) is 15.9. The summed E-state index contributed by atoms with van der Waals surface area (Å²) in [4.78, 5) is 15.3. The van der Waals surface area contributed by atoms with Crippen molar-refractivity contribution < 1.29 is 13.2 Å². The van der Waals surface area contributed by atoms with Crippen LogP contribution in [0, 0.1) is 0 Å². The van der Waals surface area contributed by atoms with Crippen molar-refractivity contribution >= 4 is 27.5 Å². The second-order valence-corrected chi connectivity index (χ2v) is 11.2. The number of aryl methyl sites for hydroxylation is 1. The van der Waals surface area contributed by atoms with Gasteiger partial charge in [0.1, 0.15) is 0 Å². The molecule has 8 heteroatoms. The fourth-order valence-corrected chi connectivity index (χ4v) is 6.48. The van der Waals surface area contributed by atoms with Gasteiger partial charge in [0.05, 0.1) is 10.9 Å². The van der Waals surface area contributed by atoms with Gasteiger partial charge in [0.15, 0.2) is 0 Å². The molecule has 0 radical (unpaired) electrons. The second-order valence-electron chi connectivity index (χ2n) is 8.84. The minimum absolute atomic E-state index is 0.0139. The van der Waals surface area contributed by atoms with E-state index in [-0.39, 0.29) is 11.9 Å². The number of hydrogen-bond donors (Lipinski definition) is 1. The van der Waals surface area contributed by atoms with Gasteiger partial charge in [-0.2, -0.15) is 4.31 Å². The zero-order valence-electron chi connectivity index (χ0n) is 18.9. The average molecular weight is 490 g/mol. The number of likely N-dealkylation sites (tertiary alicyclic amines) is 1. The van der Waals surface area contributed by atoms with Crippen LogP contribution in [0.5, 0.6) is 0 Å². The van der Waals surface area contributed by atoms with E-state index in [4.69, 9.17) is 11.6 Å². The summed E-state index contributed by atoms with van der Waals surface area (Å²) >= 11 is 6.45. The number of halogens is 1. The van der Waals surface area contributed by atoms with Crippen LogP contribution in [0.25, 0.3) is 0 Å². The number of amides is 1. The quantitative estimate of drug-likeness (QED) is 0.577. The molecule has 2 heterocycles. The number of rotatable bonds is 9. The lowest BCUT2D eigenvalue weighted by molar-refractivity contribution is -0.121. The molecular weight excluding hydrogens is 458 g/mol. The number of nitrogens with one attached hydrogen (secondary N) is 1. The molecule has 2 aromatic rings. The van der Waals surface area contributed by atoms with E-state index >= 15 is 0 Å². The van der Waals surface area contributed by atoms with Crippen LogP contribution in [0.15, 0.2) is 53.4 Å². The van der Waals surface area contributed by atoms with Gasteiger partial charge in [0.25, 0.3) is 0 Å². The lowest BCUT2D eigenvalue weighted by Gasteiger charge is -2.29. The molecule has 178 valence electrons. The highest BCUT2D eigenvalue weighted by Crippen LogP contribution is 2.29. The Labute approximate surface area is 202 Å². The first-order valence-electron chi connectivity index (χ1n) is 11.8. The first-order valence-corrected chi connectivity index (χ1v) is 13.6. The molecule has 1 atom stereocenters. The molecule has 0 aromatic heterocycles. The Bertz CT molecular complexity index is 1050. The van der Waals surface area contributed by atoms with Gasteiger partial charge in [-0.25, -0.2) is 8.42 Å². The van der Waals surface area contributed by atoms with Crippen LogP contribution >= 0.6 is 11.6 Å². The van der Waals surface area contributed by atoms with Crippen molar-refractivity contribution in [2.45, 2.75) is 49.5 Å². The summed E-state index contributed by atoms with van der Waals surface area (Å²) in [7, 11) is -3.40. The molecule has 1 N–H and O–H groups in total. The average Bonchev–Trinajstić information content (AvgIpc) is 3.54. The summed E-state index contributed by atoms with van der Waals surface area (Å²) in [6.45, 7) is 3.74. The SMILES string of the molecule is O=C(CCc1ccc(S(=O)(=O)N2CCCC2)cc1)NC[C@H](c1ccccc1Cl)N1CCCC1. The van der Waals surface area contributed by atoms with Crippen LogP contribution in [-0.2, 0) is 21.2 Å². The predicted octanol–water partition coefficient (Wildman–Crippen LogP) is 4.01. The van der Waals surface area contributed by atoms with Crippen molar-refractivity contribution in [1.29, 1.82) is 0 Å². The highest BCUT2D eigenvalue weighted by atomic mass is 35.5. The summed E-state index contributed by atoms with van der Waals surface area (Å²) in [6, 6.07) is 14.8. The Kier molecular flexibility index (Phi) is 8.07. The van der Waals surface area contributed by atoms with E-state index in [2.05, 4.69) is 10.2 Å². The molecule has 2 fully saturated rings. The predicted molar refractivity (Wildman–Crippen MR) is 131 cm³/mol. The third-order valence-electron chi connectivity index (χ3n) is 6.61. The fraction of sp³-hybridized carbons (Fsp3) is 0.480. The number of carbonyl (C=O) groups is 1. The minimum atomic E-state index is -3.40.